The zero-order valence-electron chi connectivity index (χ0n) is 51.2. The third-order valence-corrected chi connectivity index (χ3v) is 18.1. The molecule has 35 atom stereocenters. The molecule has 35 unspecified atom stereocenters. The van der Waals surface area contributed by atoms with Crippen molar-refractivity contribution in [3.63, 3.8) is 0 Å². The molecule has 22 aliphatic heterocycles. The number of hydrogen-bond donors (Lipinski definition) is 21. The van der Waals surface area contributed by atoms with E-state index in [9.17, 15) is 112 Å². The highest BCUT2D eigenvalue weighted by Gasteiger charge is 2.59. The number of Topliss-reactive ketones (excluding diaryl/α,β-unsaturated/α-hetero) is 1. The Morgan fingerprint density at radius 3 is 1.03 bits per heavy atom. The normalized spacial score (nSPS) is 46.7. The van der Waals surface area contributed by atoms with E-state index < -0.39 is 242 Å². The number of rotatable bonds is 19. The van der Waals surface area contributed by atoms with Crippen LogP contribution in [0.3, 0.4) is 0 Å². The minimum absolute atomic E-state index is 0.0871. The number of allylic oxidation sites excluding steroid dienone is 1. The number of aliphatic carboxylic acids is 1. The zero-order chi connectivity index (χ0) is 68.3. The van der Waals surface area contributed by atoms with Crippen molar-refractivity contribution in [3.8, 4) is 0 Å². The maximum Gasteiger partial charge on any atom is 0.327 e. The van der Waals surface area contributed by atoms with Gasteiger partial charge in [-0.3, -0.25) is 4.79 Å². The summed E-state index contributed by atoms with van der Waals surface area (Å²) in [5.74, 6) is -0.840. The van der Waals surface area contributed by atoms with Crippen LogP contribution in [-0.2, 0) is 66.4 Å². The topological polar surface area (TPSA) is 570 Å². The van der Waals surface area contributed by atoms with E-state index in [1.54, 1.807) is 12.2 Å². The van der Waals surface area contributed by atoms with Crippen LogP contribution in [0.15, 0.2) is 24.3 Å². The summed E-state index contributed by atoms with van der Waals surface area (Å²) in [4.78, 5) is 22.6. The number of carboxylic acids is 1. The summed E-state index contributed by atoms with van der Waals surface area (Å²) < 4.78 is 67.9. The highest BCUT2D eigenvalue weighted by atomic mass is 16.8. The number of ketones is 1. The molecular weight excluding hydrogens is 1260 g/mol. The van der Waals surface area contributed by atoms with Gasteiger partial charge < -0.3 is 164 Å². The van der Waals surface area contributed by atoms with Crippen LogP contribution >= 0.6 is 0 Å². The molecule has 12 bridgehead atoms. The quantitative estimate of drug-likeness (QED) is 0.0324. The van der Waals surface area contributed by atoms with Gasteiger partial charge in [-0.15, -0.1) is 0 Å². The lowest BCUT2D eigenvalue weighted by molar-refractivity contribution is -0.404. The monoisotopic (exact) mass is 1350 g/mol. The highest BCUT2D eigenvalue weighted by Crippen LogP contribution is 2.39. The predicted molar refractivity (Wildman–Crippen MR) is 302 cm³/mol. The minimum atomic E-state index is -2.15. The van der Waals surface area contributed by atoms with Crippen molar-refractivity contribution >= 4 is 11.8 Å². The molecule has 1 aliphatic carbocycles. The van der Waals surface area contributed by atoms with Crippen LogP contribution in [0, 0.1) is 17.8 Å². The van der Waals surface area contributed by atoms with Gasteiger partial charge in [-0.25, -0.2) is 4.79 Å². The summed E-state index contributed by atoms with van der Waals surface area (Å²) in [6, 6.07) is 0. The lowest BCUT2D eigenvalue weighted by Crippen LogP contribution is -2.69. The zero-order valence-corrected chi connectivity index (χ0v) is 51.2. The molecule has 0 amide bonds. The molecule has 0 spiro atoms. The van der Waals surface area contributed by atoms with Gasteiger partial charge >= 0.3 is 5.97 Å². The molecule has 93 heavy (non-hydrogen) atoms. The third-order valence-electron chi connectivity index (χ3n) is 18.1. The molecule has 21 N–H and O–H groups in total. The Morgan fingerprint density at radius 2 is 0.763 bits per heavy atom. The van der Waals surface area contributed by atoms with Crippen LogP contribution in [-0.4, -0.2) is 355 Å². The molecule has 0 aromatic carbocycles. The van der Waals surface area contributed by atoms with Crippen molar-refractivity contribution in [2.45, 2.75) is 268 Å². The van der Waals surface area contributed by atoms with Gasteiger partial charge in [-0.2, -0.15) is 0 Å². The first-order chi connectivity index (χ1) is 44.3. The second kappa shape index (κ2) is 35.9. The Labute approximate surface area is 533 Å². The van der Waals surface area contributed by atoms with Crippen molar-refractivity contribution < 1.29 is 174 Å². The van der Waals surface area contributed by atoms with Gasteiger partial charge in [0.05, 0.1) is 51.8 Å². The van der Waals surface area contributed by atoms with Crippen LogP contribution in [0.25, 0.3) is 0 Å². The minimum Gasteiger partial charge on any atom is -0.478 e. The second-order valence-corrected chi connectivity index (χ2v) is 24.7. The Bertz CT molecular complexity index is 2020. The highest BCUT2D eigenvalue weighted by molar-refractivity contribution is 5.84. The number of carbonyl (C=O) groups is 2. The Balaban J connectivity index is 0.000000381. The van der Waals surface area contributed by atoms with E-state index in [0.29, 0.717) is 25.2 Å². The van der Waals surface area contributed by atoms with Crippen LogP contribution < -0.4 is 0 Å². The van der Waals surface area contributed by atoms with E-state index in [-0.39, 0.29) is 24.0 Å². The van der Waals surface area contributed by atoms with Crippen LogP contribution in [0.5, 0.6) is 0 Å². The average molecular weight is 1350 g/mol. The van der Waals surface area contributed by atoms with Crippen molar-refractivity contribution in [2.75, 3.05) is 39.6 Å². The SMILES string of the molecule is CCCCC(C)CC(O)C=CC1C(O)CC(=O)C1CCCCC=CC(=O)O.OCC1OC2OC3C(CO)OC(OC4C(CO)OC(OC5C(CO)OC(OC6C(CO)OC(OC7C(CO)OC(OC1C(O)C2O)C(O)C7O)C(O)C6O)C(O)C5O)C(O)C4O)C(O)C3O. The van der Waals surface area contributed by atoms with Gasteiger partial charge in [0.2, 0.25) is 0 Å². The number of hydrogen-bond acceptors (Lipinski definition) is 34. The number of aliphatic hydroxyl groups excluding tert-OH is 20. The number of carboxylic acid groups (broad SMARTS) is 1. The summed E-state index contributed by atoms with van der Waals surface area (Å²) in [5, 5.41) is 225. The predicted octanol–water partition coefficient (Wildman–Crippen LogP) is -9.17. The molecule has 22 heterocycles. The molecule has 0 aromatic heterocycles. The lowest BCUT2D eigenvalue weighted by Gasteiger charge is -2.50. The summed E-state index contributed by atoms with van der Waals surface area (Å²) in [6.45, 7) is -1.70. The molecule has 1 saturated carbocycles. The Kier molecular flexibility index (Phi) is 30.0. The fourth-order valence-corrected chi connectivity index (χ4v) is 12.7. The maximum atomic E-state index is 12.2. The summed E-state index contributed by atoms with van der Waals surface area (Å²) in [5.41, 5.74) is 0. The van der Waals surface area contributed by atoms with Gasteiger partial charge in [0, 0.05) is 24.3 Å². The number of carbonyl (C=O) groups excluding carboxylic acids is 1. The summed E-state index contributed by atoms with van der Waals surface area (Å²) in [6.07, 6.45) is -46.0. The molecule has 0 radical (unpaired) electrons. The van der Waals surface area contributed by atoms with E-state index in [1.165, 1.54) is 0 Å². The first-order valence-electron chi connectivity index (χ1n) is 31.4. The van der Waals surface area contributed by atoms with Gasteiger partial charge in [-0.1, -0.05) is 57.8 Å². The van der Waals surface area contributed by atoms with E-state index in [0.717, 1.165) is 38.2 Å². The van der Waals surface area contributed by atoms with E-state index in [1.807, 2.05) is 6.08 Å². The summed E-state index contributed by atoms with van der Waals surface area (Å²) >= 11 is 0. The van der Waals surface area contributed by atoms with Crippen molar-refractivity contribution in [1.82, 2.24) is 0 Å². The lowest BCUT2D eigenvalue weighted by atomic mass is 9.88. The van der Waals surface area contributed by atoms with Crippen LogP contribution in [0.4, 0.5) is 0 Å². The molecule has 0 aromatic rings. The van der Waals surface area contributed by atoms with Crippen LogP contribution in [0.2, 0.25) is 0 Å². The van der Waals surface area contributed by atoms with Crippen molar-refractivity contribution in [3.05, 3.63) is 24.3 Å². The first kappa shape index (κ1) is 77.7. The van der Waals surface area contributed by atoms with Crippen molar-refractivity contribution in [2.24, 2.45) is 17.8 Å². The summed E-state index contributed by atoms with van der Waals surface area (Å²) in [7, 11) is 0. The molecule has 23 rings (SSSR count). The fourth-order valence-electron chi connectivity index (χ4n) is 12.7. The molecule has 22 saturated heterocycles. The average Bonchev–Trinajstić information content (AvgIpc) is 1.44. The largest absolute Gasteiger partial charge is 0.478 e. The maximum absolute atomic E-state index is 12.2. The van der Waals surface area contributed by atoms with Gasteiger partial charge in [0.1, 0.15) is 152 Å². The molecule has 35 heteroatoms. The van der Waals surface area contributed by atoms with E-state index in [2.05, 4.69) is 13.8 Å². The Morgan fingerprint density at radius 1 is 0.462 bits per heavy atom. The van der Waals surface area contributed by atoms with Crippen LogP contribution in [0.1, 0.15) is 71.6 Å². The molecule has 538 valence electrons. The number of aliphatic hydroxyl groups is 20. The standard InChI is InChI=1S/C36H60O30.C22H36O5/c37-1-7-25-13(43)19(49)31(55-7)62-26-8(2-38)57-33(21(51)15(26)45)64-28-10(4-40)59-35(23(53)17(28)47)66-30-12(6-42)60-36(24(54)18(30)48)65-29-11(5-41)58-34(22(52)16(29)46)63-27-9(3-39)56-32(61-25)20(50)14(27)44;1-3-4-9-16(2)14-17(23)12-13-19-18(20(24)15-21(19)25)10-7-5-6-8-11-22(26)27/h7-54H,1-6H2;8,11-13,16-19,21,23,25H,3-7,9-10,14-15H2,1-2H3,(H,26,27). The smallest absolute Gasteiger partial charge is 0.327 e. The molecule has 23 fully saturated rings. The van der Waals surface area contributed by atoms with E-state index >= 15 is 0 Å². The van der Waals surface area contributed by atoms with Gasteiger partial charge in [-0.05, 0) is 31.6 Å². The fraction of sp³-hybridized carbons (Fsp3) is 0.897. The van der Waals surface area contributed by atoms with E-state index in [4.69, 9.17) is 61.9 Å². The number of unbranched alkanes of at least 4 members (excludes halogenated alkanes) is 3. The number of ether oxygens (including phenoxy) is 12. The Hall–Kier alpha value is -2.66. The van der Waals surface area contributed by atoms with Gasteiger partial charge in [0.15, 0.2) is 37.7 Å². The van der Waals surface area contributed by atoms with Gasteiger partial charge in [0.25, 0.3) is 0 Å². The molecule has 35 nitrogen and oxygen atoms in total. The molecular formula is C58H96O35. The molecule has 23 aliphatic rings. The second-order valence-electron chi connectivity index (χ2n) is 24.7. The first-order valence-corrected chi connectivity index (χ1v) is 31.4. The van der Waals surface area contributed by atoms with Crippen molar-refractivity contribution in [1.29, 1.82) is 0 Å². The third kappa shape index (κ3) is 18.6.